The fraction of sp³-hybridized carbons (Fsp3) is 0.444. The van der Waals surface area contributed by atoms with E-state index < -0.39 is 0 Å². The zero-order chi connectivity index (χ0) is 14.8. The van der Waals surface area contributed by atoms with Gasteiger partial charge in [-0.25, -0.2) is 0 Å². The normalized spacial score (nSPS) is 21.2. The van der Waals surface area contributed by atoms with E-state index in [0.29, 0.717) is 6.04 Å². The molecule has 1 heterocycles. The van der Waals surface area contributed by atoms with E-state index in [9.17, 15) is 0 Å². The van der Waals surface area contributed by atoms with Crippen LogP contribution in [0.25, 0.3) is 10.8 Å². The monoisotopic (exact) mass is 283 g/mol. The standard InChI is InChI=1S/C18H25N3/c1-20(2)17-9-10-21(12-17)13-18(19)16-8-7-14-5-3-4-6-15(14)11-16/h3-8,11,17-18H,9-10,12-13,19H2,1-2H3. The van der Waals surface area contributed by atoms with E-state index in [0.717, 1.165) is 19.6 Å². The number of hydrogen-bond donors (Lipinski definition) is 1. The Balaban J connectivity index is 1.68. The van der Waals surface area contributed by atoms with Crippen molar-refractivity contribution in [1.29, 1.82) is 0 Å². The number of nitrogens with two attached hydrogens (primary N) is 1. The summed E-state index contributed by atoms with van der Waals surface area (Å²) in [4.78, 5) is 4.81. The first kappa shape index (κ1) is 14.5. The number of rotatable bonds is 4. The van der Waals surface area contributed by atoms with E-state index in [4.69, 9.17) is 5.73 Å². The van der Waals surface area contributed by atoms with Gasteiger partial charge in [-0.05, 0) is 49.5 Å². The first-order chi connectivity index (χ1) is 10.1. The second kappa shape index (κ2) is 6.14. The van der Waals surface area contributed by atoms with E-state index in [1.807, 2.05) is 0 Å². The summed E-state index contributed by atoms with van der Waals surface area (Å²) in [6.07, 6.45) is 1.25. The van der Waals surface area contributed by atoms with Crippen LogP contribution in [0.2, 0.25) is 0 Å². The first-order valence-electron chi connectivity index (χ1n) is 7.76. The molecule has 3 nitrogen and oxygen atoms in total. The number of benzene rings is 2. The van der Waals surface area contributed by atoms with Crippen molar-refractivity contribution < 1.29 is 0 Å². The molecule has 0 amide bonds. The highest BCUT2D eigenvalue weighted by Gasteiger charge is 2.25. The van der Waals surface area contributed by atoms with Crippen molar-refractivity contribution in [2.45, 2.75) is 18.5 Å². The largest absolute Gasteiger partial charge is 0.323 e. The molecule has 1 fully saturated rings. The minimum atomic E-state index is 0.0931. The molecule has 0 radical (unpaired) electrons. The van der Waals surface area contributed by atoms with E-state index in [1.54, 1.807) is 0 Å². The molecule has 0 spiro atoms. The SMILES string of the molecule is CN(C)C1CCN(CC(N)c2ccc3ccccc3c2)C1. The Bertz CT molecular complexity index is 608. The Hall–Kier alpha value is -1.42. The van der Waals surface area contributed by atoms with E-state index in [2.05, 4.69) is 66.4 Å². The lowest BCUT2D eigenvalue weighted by atomic mass is 10.0. The van der Waals surface area contributed by atoms with Gasteiger partial charge in [-0.15, -0.1) is 0 Å². The molecular weight excluding hydrogens is 258 g/mol. The maximum absolute atomic E-state index is 6.43. The van der Waals surface area contributed by atoms with Gasteiger partial charge in [0.15, 0.2) is 0 Å². The van der Waals surface area contributed by atoms with Gasteiger partial charge in [-0.3, -0.25) is 4.90 Å². The summed E-state index contributed by atoms with van der Waals surface area (Å²) in [5.74, 6) is 0. The summed E-state index contributed by atoms with van der Waals surface area (Å²) in [6.45, 7) is 3.24. The minimum Gasteiger partial charge on any atom is -0.323 e. The third-order valence-electron chi connectivity index (χ3n) is 4.63. The quantitative estimate of drug-likeness (QED) is 0.935. The van der Waals surface area contributed by atoms with Crippen LogP contribution < -0.4 is 5.73 Å². The Morgan fingerprint density at radius 1 is 1.19 bits per heavy atom. The molecule has 2 aromatic rings. The Morgan fingerprint density at radius 3 is 2.67 bits per heavy atom. The third-order valence-corrected chi connectivity index (χ3v) is 4.63. The molecule has 3 rings (SSSR count). The summed E-state index contributed by atoms with van der Waals surface area (Å²) in [5, 5.41) is 2.56. The van der Waals surface area contributed by atoms with Gasteiger partial charge in [0, 0.05) is 25.2 Å². The number of fused-ring (bicyclic) bond motifs is 1. The van der Waals surface area contributed by atoms with Crippen LogP contribution >= 0.6 is 0 Å². The lowest BCUT2D eigenvalue weighted by Crippen LogP contribution is -2.34. The van der Waals surface area contributed by atoms with Crippen molar-refractivity contribution in [3.8, 4) is 0 Å². The lowest BCUT2D eigenvalue weighted by Gasteiger charge is -2.23. The van der Waals surface area contributed by atoms with Gasteiger partial charge in [-0.1, -0.05) is 36.4 Å². The highest BCUT2D eigenvalue weighted by atomic mass is 15.2. The Kier molecular flexibility index (Phi) is 4.24. The smallest absolute Gasteiger partial charge is 0.0424 e. The van der Waals surface area contributed by atoms with Gasteiger partial charge in [0.05, 0.1) is 0 Å². The van der Waals surface area contributed by atoms with Crippen LogP contribution in [0, 0.1) is 0 Å². The van der Waals surface area contributed by atoms with Crippen molar-refractivity contribution in [3.05, 3.63) is 48.0 Å². The van der Waals surface area contributed by atoms with Crippen molar-refractivity contribution in [2.75, 3.05) is 33.7 Å². The highest BCUT2D eigenvalue weighted by Crippen LogP contribution is 2.21. The molecule has 0 aromatic heterocycles. The van der Waals surface area contributed by atoms with Gasteiger partial charge in [-0.2, -0.15) is 0 Å². The summed E-state index contributed by atoms with van der Waals surface area (Å²) in [7, 11) is 4.33. The summed E-state index contributed by atoms with van der Waals surface area (Å²) in [5.41, 5.74) is 7.67. The molecule has 21 heavy (non-hydrogen) atoms. The highest BCUT2D eigenvalue weighted by molar-refractivity contribution is 5.83. The van der Waals surface area contributed by atoms with Gasteiger partial charge < -0.3 is 10.6 Å². The topological polar surface area (TPSA) is 32.5 Å². The fourth-order valence-corrected chi connectivity index (χ4v) is 3.22. The van der Waals surface area contributed by atoms with Crippen LogP contribution in [0.15, 0.2) is 42.5 Å². The molecule has 2 atom stereocenters. The second-order valence-electron chi connectivity index (χ2n) is 6.38. The second-order valence-corrected chi connectivity index (χ2v) is 6.38. The van der Waals surface area contributed by atoms with E-state index >= 15 is 0 Å². The minimum absolute atomic E-state index is 0.0931. The number of nitrogens with zero attached hydrogens (tertiary/aromatic N) is 2. The molecule has 1 saturated heterocycles. The maximum atomic E-state index is 6.43. The fourth-order valence-electron chi connectivity index (χ4n) is 3.22. The van der Waals surface area contributed by atoms with Crippen LogP contribution in [-0.4, -0.2) is 49.6 Å². The zero-order valence-corrected chi connectivity index (χ0v) is 13.0. The molecule has 2 unspecified atom stereocenters. The van der Waals surface area contributed by atoms with Crippen LogP contribution in [0.1, 0.15) is 18.0 Å². The van der Waals surface area contributed by atoms with Gasteiger partial charge in [0.1, 0.15) is 0 Å². The summed E-state index contributed by atoms with van der Waals surface area (Å²) >= 11 is 0. The lowest BCUT2D eigenvalue weighted by molar-refractivity contribution is 0.260. The molecule has 1 aliphatic heterocycles. The summed E-state index contributed by atoms with van der Waals surface area (Å²) < 4.78 is 0. The van der Waals surface area contributed by atoms with Gasteiger partial charge in [0.25, 0.3) is 0 Å². The van der Waals surface area contributed by atoms with Crippen LogP contribution in [-0.2, 0) is 0 Å². The van der Waals surface area contributed by atoms with Gasteiger partial charge >= 0.3 is 0 Å². The Morgan fingerprint density at radius 2 is 1.95 bits per heavy atom. The molecule has 112 valence electrons. The van der Waals surface area contributed by atoms with Crippen molar-refractivity contribution in [3.63, 3.8) is 0 Å². The van der Waals surface area contributed by atoms with E-state index in [1.165, 1.54) is 22.8 Å². The van der Waals surface area contributed by atoms with Gasteiger partial charge in [0.2, 0.25) is 0 Å². The third kappa shape index (κ3) is 3.26. The summed E-state index contributed by atoms with van der Waals surface area (Å²) in [6, 6.07) is 15.8. The average molecular weight is 283 g/mol. The van der Waals surface area contributed by atoms with Crippen molar-refractivity contribution in [1.82, 2.24) is 9.80 Å². The number of hydrogen-bond acceptors (Lipinski definition) is 3. The maximum Gasteiger partial charge on any atom is 0.0424 e. The molecule has 2 aromatic carbocycles. The first-order valence-corrected chi connectivity index (χ1v) is 7.76. The molecule has 1 aliphatic rings. The molecule has 0 aliphatic carbocycles. The van der Waals surface area contributed by atoms with Crippen molar-refractivity contribution in [2.24, 2.45) is 5.73 Å². The predicted molar refractivity (Wildman–Crippen MR) is 89.4 cm³/mol. The molecule has 0 saturated carbocycles. The average Bonchev–Trinajstić information content (AvgIpc) is 2.95. The molecule has 3 heteroatoms. The molecular formula is C18H25N3. The Labute approximate surface area is 127 Å². The number of likely N-dealkylation sites (tertiary alicyclic amines) is 1. The number of likely N-dealkylation sites (N-methyl/N-ethyl adjacent to an activating group) is 1. The molecule has 2 N–H and O–H groups in total. The zero-order valence-electron chi connectivity index (χ0n) is 13.0. The molecule has 0 bridgehead atoms. The van der Waals surface area contributed by atoms with Crippen LogP contribution in [0.3, 0.4) is 0 Å². The van der Waals surface area contributed by atoms with Crippen LogP contribution in [0.4, 0.5) is 0 Å². The van der Waals surface area contributed by atoms with Crippen molar-refractivity contribution >= 4 is 10.8 Å². The predicted octanol–water partition coefficient (Wildman–Crippen LogP) is 2.48. The van der Waals surface area contributed by atoms with Crippen LogP contribution in [0.5, 0.6) is 0 Å². The van der Waals surface area contributed by atoms with E-state index in [-0.39, 0.29) is 6.04 Å².